The summed E-state index contributed by atoms with van der Waals surface area (Å²) in [5.41, 5.74) is 0.964. The van der Waals surface area contributed by atoms with Gasteiger partial charge in [0, 0.05) is 19.1 Å². The van der Waals surface area contributed by atoms with Crippen molar-refractivity contribution in [3.05, 3.63) is 35.9 Å². The van der Waals surface area contributed by atoms with E-state index in [1.54, 1.807) is 0 Å². The quantitative estimate of drug-likeness (QED) is 0.811. The van der Waals surface area contributed by atoms with E-state index in [1.807, 2.05) is 30.3 Å². The molecule has 0 radical (unpaired) electrons. The summed E-state index contributed by atoms with van der Waals surface area (Å²) in [6.07, 6.45) is 1.90. The van der Waals surface area contributed by atoms with Crippen LogP contribution < -0.4 is 5.32 Å². The van der Waals surface area contributed by atoms with Gasteiger partial charge in [0.25, 0.3) is 0 Å². The first kappa shape index (κ1) is 17.3. The number of ether oxygens (including phenoxy) is 2. The maximum absolute atomic E-state index is 11.9. The molecule has 23 heavy (non-hydrogen) atoms. The highest BCUT2D eigenvalue weighted by molar-refractivity contribution is 5.69. The SMILES string of the molecule is COC(=O)CCN1CCCC(NC(=O)OCc2ccccc2)C1. The van der Waals surface area contributed by atoms with Crippen molar-refractivity contribution in [3.63, 3.8) is 0 Å². The lowest BCUT2D eigenvalue weighted by Gasteiger charge is -2.32. The molecule has 1 heterocycles. The molecule has 1 atom stereocenters. The standard InChI is InChI=1S/C17H24N2O4/c1-22-16(20)9-11-19-10-5-8-15(12-19)18-17(21)23-13-14-6-3-2-4-7-14/h2-4,6-7,15H,5,8-13H2,1H3,(H,18,21). The highest BCUT2D eigenvalue weighted by Crippen LogP contribution is 2.11. The topological polar surface area (TPSA) is 67.9 Å². The molecule has 1 aromatic rings. The summed E-state index contributed by atoms with van der Waals surface area (Å²) in [7, 11) is 1.39. The molecule has 6 heteroatoms. The van der Waals surface area contributed by atoms with Crippen molar-refractivity contribution in [2.24, 2.45) is 0 Å². The zero-order chi connectivity index (χ0) is 16.5. The number of alkyl carbamates (subject to hydrolysis) is 1. The average molecular weight is 320 g/mol. The zero-order valence-electron chi connectivity index (χ0n) is 13.5. The molecule has 0 saturated carbocycles. The van der Waals surface area contributed by atoms with Crippen LogP contribution in [0.5, 0.6) is 0 Å². The van der Waals surface area contributed by atoms with Crippen LogP contribution in [0.25, 0.3) is 0 Å². The van der Waals surface area contributed by atoms with Crippen molar-refractivity contribution in [2.75, 3.05) is 26.7 Å². The number of nitrogens with one attached hydrogen (secondary N) is 1. The zero-order valence-corrected chi connectivity index (χ0v) is 13.5. The molecule has 0 aliphatic carbocycles. The minimum absolute atomic E-state index is 0.0599. The van der Waals surface area contributed by atoms with E-state index in [0.717, 1.165) is 31.5 Å². The minimum atomic E-state index is -0.395. The number of likely N-dealkylation sites (tertiary alicyclic amines) is 1. The summed E-state index contributed by atoms with van der Waals surface area (Å²) in [6.45, 7) is 2.60. The van der Waals surface area contributed by atoms with Gasteiger partial charge in [-0.25, -0.2) is 4.79 Å². The fraction of sp³-hybridized carbons (Fsp3) is 0.529. The van der Waals surface area contributed by atoms with Crippen LogP contribution >= 0.6 is 0 Å². The Morgan fingerprint density at radius 1 is 1.30 bits per heavy atom. The summed E-state index contributed by atoms with van der Waals surface area (Å²) in [4.78, 5) is 25.2. The molecule has 1 fully saturated rings. The Hall–Kier alpha value is -2.08. The lowest BCUT2D eigenvalue weighted by molar-refractivity contribution is -0.141. The molecular formula is C17H24N2O4. The highest BCUT2D eigenvalue weighted by Gasteiger charge is 2.22. The molecule has 1 N–H and O–H groups in total. The van der Waals surface area contributed by atoms with Gasteiger partial charge in [0.05, 0.1) is 13.5 Å². The molecule has 0 aromatic heterocycles. The van der Waals surface area contributed by atoms with E-state index in [4.69, 9.17) is 4.74 Å². The van der Waals surface area contributed by atoms with Crippen LogP contribution in [0.3, 0.4) is 0 Å². The lowest BCUT2D eigenvalue weighted by atomic mass is 10.1. The number of carbonyl (C=O) groups is 2. The van der Waals surface area contributed by atoms with Crippen molar-refractivity contribution in [1.29, 1.82) is 0 Å². The van der Waals surface area contributed by atoms with Crippen molar-refractivity contribution in [2.45, 2.75) is 31.9 Å². The largest absolute Gasteiger partial charge is 0.469 e. The van der Waals surface area contributed by atoms with Gasteiger partial charge in [-0.2, -0.15) is 0 Å². The molecule has 2 rings (SSSR count). The first-order valence-electron chi connectivity index (χ1n) is 7.94. The third-order valence-corrected chi connectivity index (χ3v) is 3.90. The molecule has 1 aliphatic rings. The fourth-order valence-corrected chi connectivity index (χ4v) is 2.66. The second kappa shape index (κ2) is 9.15. The van der Waals surface area contributed by atoms with E-state index in [-0.39, 0.29) is 18.6 Å². The summed E-state index contributed by atoms with van der Waals surface area (Å²) < 4.78 is 9.89. The molecule has 1 aromatic carbocycles. The van der Waals surface area contributed by atoms with E-state index < -0.39 is 6.09 Å². The summed E-state index contributed by atoms with van der Waals surface area (Å²) in [5, 5.41) is 2.90. The van der Waals surface area contributed by atoms with Gasteiger partial charge in [0.2, 0.25) is 0 Å². The van der Waals surface area contributed by atoms with Gasteiger partial charge in [-0.05, 0) is 24.9 Å². The predicted molar refractivity (Wildman–Crippen MR) is 85.9 cm³/mol. The molecule has 1 unspecified atom stereocenters. The Morgan fingerprint density at radius 2 is 2.09 bits per heavy atom. The van der Waals surface area contributed by atoms with Crippen molar-refractivity contribution >= 4 is 12.1 Å². The first-order chi connectivity index (χ1) is 11.2. The van der Waals surface area contributed by atoms with E-state index in [9.17, 15) is 9.59 Å². The Balaban J connectivity index is 1.69. The van der Waals surface area contributed by atoms with E-state index in [2.05, 4.69) is 15.0 Å². The Morgan fingerprint density at radius 3 is 2.83 bits per heavy atom. The molecule has 1 amide bonds. The number of rotatable bonds is 6. The Labute approximate surface area is 136 Å². The Kier molecular flexibility index (Phi) is 6.87. The number of nitrogens with zero attached hydrogens (tertiary/aromatic N) is 1. The van der Waals surface area contributed by atoms with Crippen LogP contribution in [0, 0.1) is 0 Å². The Bertz CT molecular complexity index is 507. The molecule has 0 bridgehead atoms. The number of hydrogen-bond donors (Lipinski definition) is 1. The third-order valence-electron chi connectivity index (χ3n) is 3.90. The summed E-state index contributed by atoms with van der Waals surface area (Å²) in [5.74, 6) is -0.206. The predicted octanol–water partition coefficient (Wildman–Crippen LogP) is 1.94. The number of methoxy groups -OCH3 is 1. The second-order valence-corrected chi connectivity index (χ2v) is 5.67. The summed E-state index contributed by atoms with van der Waals surface area (Å²) in [6, 6.07) is 9.65. The van der Waals surface area contributed by atoms with Crippen molar-refractivity contribution in [3.8, 4) is 0 Å². The van der Waals surface area contributed by atoms with Crippen LogP contribution in [0.4, 0.5) is 4.79 Å². The van der Waals surface area contributed by atoms with Crippen molar-refractivity contribution < 1.29 is 19.1 Å². The van der Waals surface area contributed by atoms with E-state index >= 15 is 0 Å². The number of amides is 1. The average Bonchev–Trinajstić information content (AvgIpc) is 2.59. The van der Waals surface area contributed by atoms with Crippen molar-refractivity contribution in [1.82, 2.24) is 10.2 Å². The lowest BCUT2D eigenvalue weighted by Crippen LogP contribution is -2.48. The van der Waals surface area contributed by atoms with Crippen LogP contribution in [-0.2, 0) is 20.9 Å². The first-order valence-corrected chi connectivity index (χ1v) is 7.94. The second-order valence-electron chi connectivity index (χ2n) is 5.67. The van der Waals surface area contributed by atoms with Crippen LogP contribution in [0.15, 0.2) is 30.3 Å². The van der Waals surface area contributed by atoms with Gasteiger partial charge in [0.15, 0.2) is 0 Å². The maximum atomic E-state index is 11.9. The smallest absolute Gasteiger partial charge is 0.407 e. The van der Waals surface area contributed by atoms with Gasteiger partial charge in [-0.15, -0.1) is 0 Å². The fourth-order valence-electron chi connectivity index (χ4n) is 2.66. The number of piperidine rings is 1. The normalized spacial score (nSPS) is 18.2. The van der Waals surface area contributed by atoms with E-state index in [0.29, 0.717) is 13.0 Å². The third kappa shape index (κ3) is 6.28. The molecular weight excluding hydrogens is 296 g/mol. The van der Waals surface area contributed by atoms with Crippen LogP contribution in [-0.4, -0.2) is 49.7 Å². The number of esters is 1. The van der Waals surface area contributed by atoms with E-state index in [1.165, 1.54) is 7.11 Å². The minimum Gasteiger partial charge on any atom is -0.469 e. The monoisotopic (exact) mass is 320 g/mol. The van der Waals surface area contributed by atoms with Gasteiger partial charge < -0.3 is 19.7 Å². The van der Waals surface area contributed by atoms with Crippen LogP contribution in [0.2, 0.25) is 0 Å². The van der Waals surface area contributed by atoms with Gasteiger partial charge in [0.1, 0.15) is 6.61 Å². The van der Waals surface area contributed by atoms with Crippen LogP contribution in [0.1, 0.15) is 24.8 Å². The summed E-state index contributed by atoms with van der Waals surface area (Å²) >= 11 is 0. The molecule has 1 aliphatic heterocycles. The highest BCUT2D eigenvalue weighted by atomic mass is 16.5. The van der Waals surface area contributed by atoms with Gasteiger partial charge >= 0.3 is 12.1 Å². The molecule has 6 nitrogen and oxygen atoms in total. The number of hydrogen-bond acceptors (Lipinski definition) is 5. The van der Waals surface area contributed by atoms with Gasteiger partial charge in [-0.3, -0.25) is 4.79 Å². The molecule has 0 spiro atoms. The van der Waals surface area contributed by atoms with Gasteiger partial charge in [-0.1, -0.05) is 30.3 Å². The number of carbonyl (C=O) groups excluding carboxylic acids is 2. The maximum Gasteiger partial charge on any atom is 0.407 e. The number of benzene rings is 1. The molecule has 1 saturated heterocycles. The molecule has 126 valence electrons.